The Balaban J connectivity index is 1.87. The van der Waals surface area contributed by atoms with E-state index in [2.05, 4.69) is 10.6 Å². The van der Waals surface area contributed by atoms with Crippen LogP contribution in [0.3, 0.4) is 0 Å². The first kappa shape index (κ1) is 30.3. The van der Waals surface area contributed by atoms with Gasteiger partial charge < -0.3 is 16.4 Å². The van der Waals surface area contributed by atoms with Crippen LogP contribution in [0, 0.1) is 0 Å². The highest BCUT2D eigenvalue weighted by atomic mass is 35.5. The van der Waals surface area contributed by atoms with Crippen LogP contribution in [0.5, 0.6) is 0 Å². The van der Waals surface area contributed by atoms with Gasteiger partial charge >= 0.3 is 6.18 Å². The lowest BCUT2D eigenvalue weighted by Gasteiger charge is -2.41. The lowest BCUT2D eigenvalue weighted by molar-refractivity contribution is -0.137. The zero-order valence-corrected chi connectivity index (χ0v) is 23.1. The highest BCUT2D eigenvalue weighted by Crippen LogP contribution is 2.39. The van der Waals surface area contributed by atoms with E-state index in [1.807, 2.05) is 6.07 Å². The van der Waals surface area contributed by atoms with Crippen molar-refractivity contribution in [2.45, 2.75) is 25.1 Å². The standard InChI is InChI=1S/C30H27ClF3N5O3/c1-2-39-27(36-20-11-4-3-5-12-20)22(17-35)25(21-13-6-7-14-23(21)37-24(40)16-31)26(29(39)42)38-28(41)18-9-8-10-19(15-18)30(32,33)34/h3-15,17,25-26H,2,16,35H2,1H3,(H,37,40)(H,38,41)/b22-17-,36-27?. The first-order valence-corrected chi connectivity index (χ1v) is 13.4. The van der Waals surface area contributed by atoms with Crippen molar-refractivity contribution in [2.75, 3.05) is 17.7 Å². The number of benzene rings is 3. The van der Waals surface area contributed by atoms with Crippen molar-refractivity contribution in [3.8, 4) is 0 Å². The van der Waals surface area contributed by atoms with Crippen molar-refractivity contribution in [2.24, 2.45) is 10.7 Å². The fraction of sp³-hybridized carbons (Fsp3) is 0.200. The summed E-state index contributed by atoms with van der Waals surface area (Å²) in [4.78, 5) is 45.7. The Kier molecular flexibility index (Phi) is 9.31. The summed E-state index contributed by atoms with van der Waals surface area (Å²) < 4.78 is 40.1. The van der Waals surface area contributed by atoms with Crippen molar-refractivity contribution in [1.82, 2.24) is 10.2 Å². The SMILES string of the molecule is CCN1C(=O)C(NC(=O)c2cccc(C(F)(F)F)c2)C(c2ccccc2NC(=O)CCl)/C(=C/N)C1=Nc1ccccc1. The van der Waals surface area contributed by atoms with Crippen LogP contribution in [-0.2, 0) is 15.8 Å². The van der Waals surface area contributed by atoms with Gasteiger partial charge in [0.1, 0.15) is 17.8 Å². The summed E-state index contributed by atoms with van der Waals surface area (Å²) in [6, 6.07) is 18.0. The molecule has 1 aliphatic heterocycles. The van der Waals surface area contributed by atoms with Crippen LogP contribution in [0.15, 0.2) is 95.6 Å². The van der Waals surface area contributed by atoms with Gasteiger partial charge in [-0.05, 0) is 48.9 Å². The van der Waals surface area contributed by atoms with Gasteiger partial charge in [0.25, 0.3) is 11.8 Å². The molecule has 218 valence electrons. The maximum absolute atomic E-state index is 14.1. The minimum absolute atomic E-state index is 0.148. The molecule has 0 bridgehead atoms. The molecule has 3 aromatic carbocycles. The molecule has 12 heteroatoms. The van der Waals surface area contributed by atoms with Gasteiger partial charge in [0.15, 0.2) is 0 Å². The van der Waals surface area contributed by atoms with Crippen LogP contribution in [0.1, 0.15) is 34.3 Å². The Labute approximate surface area is 245 Å². The number of nitrogens with one attached hydrogen (secondary N) is 2. The fourth-order valence-electron chi connectivity index (χ4n) is 4.74. The number of likely N-dealkylation sites (tertiary alicyclic amines) is 1. The molecule has 0 saturated carbocycles. The number of nitrogens with zero attached hydrogens (tertiary/aromatic N) is 2. The number of halogens is 4. The van der Waals surface area contributed by atoms with E-state index in [0.29, 0.717) is 28.6 Å². The number of alkyl halides is 4. The Bertz CT molecular complexity index is 1540. The summed E-state index contributed by atoms with van der Waals surface area (Å²) in [7, 11) is 0. The second-order valence-corrected chi connectivity index (χ2v) is 9.52. The lowest BCUT2D eigenvalue weighted by atomic mass is 9.79. The molecule has 1 heterocycles. The van der Waals surface area contributed by atoms with Crippen LogP contribution in [-0.4, -0.2) is 46.9 Å². The smallest absolute Gasteiger partial charge is 0.404 e. The van der Waals surface area contributed by atoms with Crippen LogP contribution in [0.25, 0.3) is 0 Å². The normalized spacial score (nSPS) is 19.2. The molecule has 3 amide bonds. The number of rotatable bonds is 7. The molecule has 1 saturated heterocycles. The summed E-state index contributed by atoms with van der Waals surface area (Å²) in [6.07, 6.45) is -3.40. The van der Waals surface area contributed by atoms with E-state index in [-0.39, 0.29) is 23.8 Å². The fourth-order valence-corrected chi connectivity index (χ4v) is 4.81. The lowest BCUT2D eigenvalue weighted by Crippen LogP contribution is -2.59. The van der Waals surface area contributed by atoms with E-state index in [0.717, 1.165) is 12.1 Å². The zero-order valence-electron chi connectivity index (χ0n) is 22.4. The van der Waals surface area contributed by atoms with E-state index in [9.17, 15) is 27.6 Å². The number of amides is 3. The number of hydrogen-bond acceptors (Lipinski definition) is 5. The number of carbonyl (C=O) groups is 3. The topological polar surface area (TPSA) is 117 Å². The van der Waals surface area contributed by atoms with Gasteiger partial charge in [-0.25, -0.2) is 4.99 Å². The molecule has 1 fully saturated rings. The molecular formula is C30H27ClF3N5O3. The van der Waals surface area contributed by atoms with Crippen molar-refractivity contribution in [3.05, 3.63) is 107 Å². The molecule has 2 atom stereocenters. The maximum Gasteiger partial charge on any atom is 0.416 e. The van der Waals surface area contributed by atoms with Gasteiger partial charge in [0.05, 0.1) is 11.3 Å². The van der Waals surface area contributed by atoms with E-state index in [1.165, 1.54) is 17.2 Å². The minimum Gasteiger partial charge on any atom is -0.404 e. The molecule has 0 aliphatic carbocycles. The van der Waals surface area contributed by atoms with Crippen molar-refractivity contribution < 1.29 is 27.6 Å². The van der Waals surface area contributed by atoms with E-state index < -0.39 is 41.4 Å². The Morgan fingerprint density at radius 1 is 1.05 bits per heavy atom. The maximum atomic E-state index is 14.1. The number of amidine groups is 1. The van der Waals surface area contributed by atoms with E-state index in [4.69, 9.17) is 22.3 Å². The van der Waals surface area contributed by atoms with Gasteiger partial charge in [0.2, 0.25) is 5.91 Å². The number of piperidine rings is 1. The predicted molar refractivity (Wildman–Crippen MR) is 154 cm³/mol. The minimum atomic E-state index is -4.67. The first-order valence-electron chi connectivity index (χ1n) is 12.9. The number of aliphatic imine (C=N–C) groups is 1. The summed E-state index contributed by atoms with van der Waals surface area (Å²) in [5.41, 5.74) is 6.47. The third kappa shape index (κ3) is 6.46. The summed E-state index contributed by atoms with van der Waals surface area (Å²) in [5.74, 6) is -3.08. The highest BCUT2D eigenvalue weighted by molar-refractivity contribution is 6.29. The molecule has 2 unspecified atom stereocenters. The number of hydrogen-bond donors (Lipinski definition) is 3. The average molecular weight is 598 g/mol. The highest BCUT2D eigenvalue weighted by Gasteiger charge is 2.45. The Hall–Kier alpha value is -4.64. The van der Waals surface area contributed by atoms with Gasteiger partial charge in [0, 0.05) is 35.5 Å². The summed E-state index contributed by atoms with van der Waals surface area (Å²) in [5, 5.41) is 5.33. The molecule has 4 rings (SSSR count). The third-order valence-electron chi connectivity index (χ3n) is 6.63. The number of carbonyl (C=O) groups excluding carboxylic acids is 3. The van der Waals surface area contributed by atoms with Gasteiger partial charge in [-0.3, -0.25) is 19.3 Å². The van der Waals surface area contributed by atoms with Crippen LogP contribution in [0.2, 0.25) is 0 Å². The van der Waals surface area contributed by atoms with E-state index in [1.54, 1.807) is 55.5 Å². The zero-order chi connectivity index (χ0) is 30.4. The second kappa shape index (κ2) is 12.9. The quantitative estimate of drug-likeness (QED) is 0.325. The van der Waals surface area contributed by atoms with Crippen LogP contribution >= 0.6 is 11.6 Å². The van der Waals surface area contributed by atoms with E-state index >= 15 is 0 Å². The van der Waals surface area contributed by atoms with Gasteiger partial charge in [-0.1, -0.05) is 42.5 Å². The average Bonchev–Trinajstić information content (AvgIpc) is 2.99. The first-order chi connectivity index (χ1) is 20.1. The molecule has 4 N–H and O–H groups in total. The third-order valence-corrected chi connectivity index (χ3v) is 6.87. The molecule has 42 heavy (non-hydrogen) atoms. The number of likely N-dealkylation sites (N-methyl/N-ethyl adjacent to an activating group) is 1. The van der Waals surface area contributed by atoms with Crippen molar-refractivity contribution >= 4 is 46.5 Å². The van der Waals surface area contributed by atoms with Crippen molar-refractivity contribution in [1.29, 1.82) is 0 Å². The number of nitrogens with two attached hydrogens (primary N) is 1. The number of anilines is 1. The summed E-state index contributed by atoms with van der Waals surface area (Å²) in [6.45, 7) is 1.86. The largest absolute Gasteiger partial charge is 0.416 e. The molecule has 8 nitrogen and oxygen atoms in total. The number of para-hydroxylation sites is 2. The predicted octanol–water partition coefficient (Wildman–Crippen LogP) is 5.20. The van der Waals surface area contributed by atoms with Crippen LogP contribution < -0.4 is 16.4 Å². The van der Waals surface area contributed by atoms with Gasteiger partial charge in [-0.15, -0.1) is 11.6 Å². The molecule has 3 aromatic rings. The van der Waals surface area contributed by atoms with Gasteiger partial charge in [-0.2, -0.15) is 13.2 Å². The molecular weight excluding hydrogens is 571 g/mol. The Morgan fingerprint density at radius 2 is 1.74 bits per heavy atom. The summed E-state index contributed by atoms with van der Waals surface area (Å²) >= 11 is 5.72. The molecule has 0 aromatic heterocycles. The Morgan fingerprint density at radius 3 is 2.38 bits per heavy atom. The molecule has 0 spiro atoms. The monoisotopic (exact) mass is 597 g/mol. The molecule has 1 aliphatic rings. The second-order valence-electron chi connectivity index (χ2n) is 9.25. The van der Waals surface area contributed by atoms with Crippen LogP contribution in [0.4, 0.5) is 24.5 Å². The van der Waals surface area contributed by atoms with Crippen molar-refractivity contribution in [3.63, 3.8) is 0 Å². The molecule has 0 radical (unpaired) electrons.